The normalized spacial score (nSPS) is 13.8. The van der Waals surface area contributed by atoms with Gasteiger partial charge in [-0.15, -0.1) is 0 Å². The van der Waals surface area contributed by atoms with Crippen LogP contribution in [0.3, 0.4) is 0 Å². The van der Waals surface area contributed by atoms with Crippen LogP contribution in [0.1, 0.15) is 26.3 Å². The Bertz CT molecular complexity index is 433. The van der Waals surface area contributed by atoms with Crippen molar-refractivity contribution in [2.45, 2.75) is 26.8 Å². The maximum absolute atomic E-state index is 11.1. The number of aliphatic imine (C=N–C) groups is 1. The third-order valence-corrected chi connectivity index (χ3v) is 2.35. The predicted molar refractivity (Wildman–Crippen MR) is 66.6 cm³/mol. The molecule has 0 saturated carbocycles. The summed E-state index contributed by atoms with van der Waals surface area (Å²) in [6.45, 7) is 5.44. The molecule has 0 amide bonds. The number of carboxylic acid groups (broad SMARTS) is 1. The first-order valence-corrected chi connectivity index (χ1v) is 5.36. The minimum Gasteiger partial charge on any atom is -0.507 e. The topological polar surface area (TPSA) is 69.9 Å². The predicted octanol–water partition coefficient (Wildman–Crippen LogP) is 2.31. The molecule has 1 unspecified atom stereocenters. The zero-order valence-corrected chi connectivity index (χ0v) is 10.2. The molecule has 4 nitrogen and oxygen atoms in total. The van der Waals surface area contributed by atoms with Crippen molar-refractivity contribution < 1.29 is 15.0 Å². The number of phenols is 1. The molecule has 1 aromatic carbocycles. The van der Waals surface area contributed by atoms with Crippen molar-refractivity contribution in [3.63, 3.8) is 0 Å². The summed E-state index contributed by atoms with van der Waals surface area (Å²) >= 11 is 0. The van der Waals surface area contributed by atoms with Gasteiger partial charge >= 0.3 is 5.97 Å². The van der Waals surface area contributed by atoms with E-state index in [9.17, 15) is 9.90 Å². The molecular formula is C13H17NO3. The number of aliphatic carboxylic acids is 1. The van der Waals surface area contributed by atoms with Crippen LogP contribution in [0.25, 0.3) is 0 Å². The molecule has 17 heavy (non-hydrogen) atoms. The van der Waals surface area contributed by atoms with E-state index in [1.807, 2.05) is 20.8 Å². The van der Waals surface area contributed by atoms with Crippen molar-refractivity contribution >= 4 is 12.2 Å². The van der Waals surface area contributed by atoms with Crippen LogP contribution in [0.4, 0.5) is 0 Å². The minimum absolute atomic E-state index is 0.0919. The molecule has 0 heterocycles. The van der Waals surface area contributed by atoms with E-state index in [1.54, 1.807) is 18.2 Å². The fourth-order valence-electron chi connectivity index (χ4n) is 1.41. The van der Waals surface area contributed by atoms with Gasteiger partial charge in [-0.2, -0.15) is 0 Å². The molecule has 0 fully saturated rings. The van der Waals surface area contributed by atoms with Gasteiger partial charge in [-0.05, 0) is 17.5 Å². The third kappa shape index (κ3) is 3.59. The zero-order chi connectivity index (χ0) is 13.1. The van der Waals surface area contributed by atoms with Crippen LogP contribution in [0.15, 0.2) is 29.3 Å². The second-order valence-electron chi connectivity index (χ2n) is 4.94. The highest BCUT2D eigenvalue weighted by Crippen LogP contribution is 2.23. The van der Waals surface area contributed by atoms with Gasteiger partial charge < -0.3 is 10.2 Å². The summed E-state index contributed by atoms with van der Waals surface area (Å²) in [7, 11) is 0. The van der Waals surface area contributed by atoms with Gasteiger partial charge in [0.2, 0.25) is 0 Å². The van der Waals surface area contributed by atoms with Crippen LogP contribution >= 0.6 is 0 Å². The minimum atomic E-state index is -0.968. The van der Waals surface area contributed by atoms with Crippen molar-refractivity contribution in [3.8, 4) is 5.75 Å². The van der Waals surface area contributed by atoms with Gasteiger partial charge in [0, 0.05) is 11.8 Å². The van der Waals surface area contributed by atoms with Crippen molar-refractivity contribution in [1.29, 1.82) is 0 Å². The fourth-order valence-corrected chi connectivity index (χ4v) is 1.41. The first kappa shape index (κ1) is 13.2. The Labute approximate surface area is 101 Å². The molecule has 1 aromatic rings. The monoisotopic (exact) mass is 235 g/mol. The number of carboxylic acids is 1. The fraction of sp³-hybridized carbons (Fsp3) is 0.385. The number of hydrogen-bond donors (Lipinski definition) is 2. The Morgan fingerprint density at radius 3 is 2.41 bits per heavy atom. The SMILES string of the molecule is CC(C)(C)C(N=Cc1ccccc1O)C(=O)O. The number of phenolic OH excluding ortho intramolecular Hbond substituents is 1. The van der Waals surface area contributed by atoms with E-state index >= 15 is 0 Å². The lowest BCUT2D eigenvalue weighted by Gasteiger charge is -2.23. The summed E-state index contributed by atoms with van der Waals surface area (Å²) in [4.78, 5) is 15.1. The van der Waals surface area contributed by atoms with E-state index in [2.05, 4.69) is 4.99 Å². The number of aromatic hydroxyl groups is 1. The van der Waals surface area contributed by atoms with Gasteiger partial charge in [0.25, 0.3) is 0 Å². The third-order valence-electron chi connectivity index (χ3n) is 2.35. The second kappa shape index (κ2) is 4.99. The lowest BCUT2D eigenvalue weighted by atomic mass is 9.87. The second-order valence-corrected chi connectivity index (χ2v) is 4.94. The molecule has 0 saturated heterocycles. The van der Waals surface area contributed by atoms with Gasteiger partial charge in [0.05, 0.1) is 0 Å². The molecule has 0 aliphatic heterocycles. The molecule has 0 aliphatic carbocycles. The molecule has 4 heteroatoms. The highest BCUT2D eigenvalue weighted by molar-refractivity contribution is 5.86. The van der Waals surface area contributed by atoms with Gasteiger partial charge in [0.1, 0.15) is 5.75 Å². The van der Waals surface area contributed by atoms with Crippen LogP contribution in [-0.4, -0.2) is 28.4 Å². The Balaban J connectivity index is 2.96. The van der Waals surface area contributed by atoms with E-state index in [4.69, 9.17) is 5.11 Å². The maximum Gasteiger partial charge on any atom is 0.328 e. The molecule has 0 aromatic heterocycles. The van der Waals surface area contributed by atoms with Crippen molar-refractivity contribution in [3.05, 3.63) is 29.8 Å². The molecule has 0 spiro atoms. The summed E-state index contributed by atoms with van der Waals surface area (Å²) < 4.78 is 0. The first-order valence-electron chi connectivity index (χ1n) is 5.36. The smallest absolute Gasteiger partial charge is 0.328 e. The summed E-state index contributed by atoms with van der Waals surface area (Å²) in [6.07, 6.45) is 1.40. The molecule has 2 N–H and O–H groups in total. The maximum atomic E-state index is 11.1. The summed E-state index contributed by atoms with van der Waals surface area (Å²) in [6, 6.07) is 5.84. The number of rotatable bonds is 3. The number of nitrogens with zero attached hydrogens (tertiary/aromatic N) is 1. The lowest BCUT2D eigenvalue weighted by Crippen LogP contribution is -2.32. The summed E-state index contributed by atoms with van der Waals surface area (Å²) in [5.41, 5.74) is 0.0511. The first-order chi connectivity index (χ1) is 7.82. The molecule has 0 radical (unpaired) electrons. The molecule has 1 atom stereocenters. The Hall–Kier alpha value is -1.84. The highest BCUT2D eigenvalue weighted by atomic mass is 16.4. The van der Waals surface area contributed by atoms with Crippen LogP contribution < -0.4 is 0 Å². The number of hydrogen-bond acceptors (Lipinski definition) is 3. The summed E-state index contributed by atoms with van der Waals surface area (Å²) in [5, 5.41) is 18.6. The Morgan fingerprint density at radius 1 is 1.35 bits per heavy atom. The zero-order valence-electron chi connectivity index (χ0n) is 10.2. The number of para-hydroxylation sites is 1. The molecule has 1 rings (SSSR count). The van der Waals surface area contributed by atoms with Gasteiger partial charge in [-0.3, -0.25) is 4.99 Å². The Kier molecular flexibility index (Phi) is 3.89. The van der Waals surface area contributed by atoms with Gasteiger partial charge in [0.15, 0.2) is 6.04 Å². The summed E-state index contributed by atoms with van der Waals surface area (Å²) in [5.74, 6) is -0.876. The van der Waals surface area contributed by atoms with Crippen LogP contribution in [0.2, 0.25) is 0 Å². The standard InChI is InChI=1S/C13H17NO3/c1-13(2,3)11(12(16)17)14-8-9-6-4-5-7-10(9)15/h4-8,11,15H,1-3H3,(H,16,17). The van der Waals surface area contributed by atoms with E-state index in [0.29, 0.717) is 5.56 Å². The molecule has 0 bridgehead atoms. The van der Waals surface area contributed by atoms with Crippen LogP contribution in [0.5, 0.6) is 5.75 Å². The molecule has 0 aliphatic rings. The van der Waals surface area contributed by atoms with Crippen molar-refractivity contribution in [1.82, 2.24) is 0 Å². The van der Waals surface area contributed by atoms with E-state index < -0.39 is 17.4 Å². The van der Waals surface area contributed by atoms with Crippen molar-refractivity contribution in [2.75, 3.05) is 0 Å². The van der Waals surface area contributed by atoms with Gasteiger partial charge in [-0.1, -0.05) is 32.9 Å². The quantitative estimate of drug-likeness (QED) is 0.790. The highest BCUT2D eigenvalue weighted by Gasteiger charge is 2.30. The van der Waals surface area contributed by atoms with Crippen LogP contribution in [0, 0.1) is 5.41 Å². The average molecular weight is 235 g/mol. The van der Waals surface area contributed by atoms with Crippen molar-refractivity contribution in [2.24, 2.45) is 10.4 Å². The lowest BCUT2D eigenvalue weighted by molar-refractivity contribution is -0.140. The largest absolute Gasteiger partial charge is 0.507 e. The van der Waals surface area contributed by atoms with E-state index in [0.717, 1.165) is 0 Å². The van der Waals surface area contributed by atoms with E-state index in [1.165, 1.54) is 12.3 Å². The van der Waals surface area contributed by atoms with Crippen LogP contribution in [-0.2, 0) is 4.79 Å². The Morgan fingerprint density at radius 2 is 1.94 bits per heavy atom. The number of benzene rings is 1. The average Bonchev–Trinajstić information content (AvgIpc) is 2.18. The van der Waals surface area contributed by atoms with E-state index in [-0.39, 0.29) is 5.75 Å². The van der Waals surface area contributed by atoms with Gasteiger partial charge in [-0.25, -0.2) is 4.79 Å². The number of carbonyl (C=O) groups is 1. The molecular weight excluding hydrogens is 218 g/mol. The molecule has 92 valence electrons.